The largest absolute Gasteiger partial charge is 0.388 e. The van der Waals surface area contributed by atoms with Crippen molar-refractivity contribution in [3.05, 3.63) is 35.9 Å². The fraction of sp³-hybridized carbons (Fsp3) is 0.600. The molecular formula is C15H22O6. The third-order valence-corrected chi connectivity index (χ3v) is 3.47. The maximum absolute atomic E-state index is 10.0. The fourth-order valence-corrected chi connectivity index (χ4v) is 2.25. The highest BCUT2D eigenvalue weighted by atomic mass is 16.7. The SMILES string of the molecule is CO[C@@H]1O[C@@H](C)[C@@H](O)[C@@H](OCOCc2ccccc2)[C@@H]1O. The van der Waals surface area contributed by atoms with Gasteiger partial charge in [-0.05, 0) is 12.5 Å². The summed E-state index contributed by atoms with van der Waals surface area (Å²) in [5.41, 5.74) is 1.03. The first-order valence-corrected chi connectivity index (χ1v) is 6.91. The van der Waals surface area contributed by atoms with Gasteiger partial charge in [-0.1, -0.05) is 30.3 Å². The number of methoxy groups -OCH3 is 1. The smallest absolute Gasteiger partial charge is 0.186 e. The van der Waals surface area contributed by atoms with Crippen LogP contribution in [-0.4, -0.2) is 54.8 Å². The van der Waals surface area contributed by atoms with E-state index in [1.165, 1.54) is 7.11 Å². The minimum absolute atomic E-state index is 0.0309. The molecule has 5 atom stereocenters. The average Bonchev–Trinajstić information content (AvgIpc) is 2.51. The van der Waals surface area contributed by atoms with Crippen LogP contribution in [0.5, 0.6) is 0 Å². The summed E-state index contributed by atoms with van der Waals surface area (Å²) in [6, 6.07) is 9.68. The van der Waals surface area contributed by atoms with Gasteiger partial charge < -0.3 is 29.2 Å². The Morgan fingerprint density at radius 3 is 2.52 bits per heavy atom. The van der Waals surface area contributed by atoms with Gasteiger partial charge in [0.1, 0.15) is 25.1 Å². The van der Waals surface area contributed by atoms with Crippen LogP contribution in [0.2, 0.25) is 0 Å². The molecule has 1 aromatic carbocycles. The van der Waals surface area contributed by atoms with Crippen LogP contribution in [0.15, 0.2) is 30.3 Å². The van der Waals surface area contributed by atoms with Crippen LogP contribution in [0.3, 0.4) is 0 Å². The minimum atomic E-state index is -1.07. The lowest BCUT2D eigenvalue weighted by molar-refractivity contribution is -0.303. The third kappa shape index (κ3) is 4.23. The molecule has 1 saturated heterocycles. The molecule has 1 fully saturated rings. The lowest BCUT2D eigenvalue weighted by Crippen LogP contribution is -2.58. The monoisotopic (exact) mass is 298 g/mol. The van der Waals surface area contributed by atoms with Crippen LogP contribution in [0.1, 0.15) is 12.5 Å². The summed E-state index contributed by atoms with van der Waals surface area (Å²) in [5, 5.41) is 20.1. The van der Waals surface area contributed by atoms with Crippen LogP contribution >= 0.6 is 0 Å². The van der Waals surface area contributed by atoms with Gasteiger partial charge in [-0.3, -0.25) is 0 Å². The van der Waals surface area contributed by atoms with E-state index in [1.807, 2.05) is 30.3 Å². The van der Waals surface area contributed by atoms with Crippen molar-refractivity contribution in [3.63, 3.8) is 0 Å². The Morgan fingerprint density at radius 1 is 1.14 bits per heavy atom. The molecule has 0 unspecified atom stereocenters. The Balaban J connectivity index is 1.80. The van der Waals surface area contributed by atoms with Crippen molar-refractivity contribution >= 4 is 0 Å². The summed E-state index contributed by atoms with van der Waals surface area (Å²) in [5.74, 6) is 0. The molecule has 6 nitrogen and oxygen atoms in total. The van der Waals surface area contributed by atoms with Crippen LogP contribution < -0.4 is 0 Å². The van der Waals surface area contributed by atoms with Crippen molar-refractivity contribution < 1.29 is 29.2 Å². The van der Waals surface area contributed by atoms with Crippen LogP contribution in [0.25, 0.3) is 0 Å². The lowest BCUT2D eigenvalue weighted by atomic mass is 10.00. The zero-order chi connectivity index (χ0) is 15.2. The van der Waals surface area contributed by atoms with Gasteiger partial charge in [0.25, 0.3) is 0 Å². The van der Waals surface area contributed by atoms with Crippen molar-refractivity contribution in [2.75, 3.05) is 13.9 Å². The zero-order valence-electron chi connectivity index (χ0n) is 12.2. The lowest BCUT2D eigenvalue weighted by Gasteiger charge is -2.40. The molecule has 2 rings (SSSR count). The van der Waals surface area contributed by atoms with Crippen molar-refractivity contribution in [1.29, 1.82) is 0 Å². The van der Waals surface area contributed by atoms with E-state index in [0.717, 1.165) is 5.56 Å². The normalized spacial score (nSPS) is 33.0. The van der Waals surface area contributed by atoms with Crippen LogP contribution in [-0.2, 0) is 25.6 Å². The maximum atomic E-state index is 10.0. The van der Waals surface area contributed by atoms with E-state index in [-0.39, 0.29) is 6.79 Å². The molecule has 0 saturated carbocycles. The van der Waals surface area contributed by atoms with Crippen molar-refractivity contribution in [3.8, 4) is 0 Å². The Hall–Kier alpha value is -1.02. The Bertz CT molecular complexity index is 412. The standard InChI is InChI=1S/C15H22O6/c1-10-12(16)14(13(17)15(18-2)21-10)20-9-19-8-11-6-4-3-5-7-11/h3-7,10,12-17H,8-9H2,1-2H3/t10-,12+,13-,14+,15+/m0/s1. The van der Waals surface area contributed by atoms with E-state index < -0.39 is 30.7 Å². The second-order valence-electron chi connectivity index (χ2n) is 5.01. The first-order valence-electron chi connectivity index (χ1n) is 6.91. The average molecular weight is 298 g/mol. The van der Waals surface area contributed by atoms with E-state index >= 15 is 0 Å². The number of benzene rings is 1. The molecule has 6 heteroatoms. The van der Waals surface area contributed by atoms with Gasteiger partial charge >= 0.3 is 0 Å². The molecule has 0 aliphatic carbocycles. The summed E-state index contributed by atoms with van der Waals surface area (Å²) < 4.78 is 21.2. The van der Waals surface area contributed by atoms with Gasteiger partial charge in [0, 0.05) is 7.11 Å². The number of aliphatic hydroxyl groups is 2. The molecule has 0 spiro atoms. The fourth-order valence-electron chi connectivity index (χ4n) is 2.25. The quantitative estimate of drug-likeness (QED) is 0.593. The summed E-state index contributed by atoms with van der Waals surface area (Å²) >= 11 is 0. The van der Waals surface area contributed by atoms with Crippen LogP contribution in [0, 0.1) is 0 Å². The highest BCUT2D eigenvalue weighted by Crippen LogP contribution is 2.23. The maximum Gasteiger partial charge on any atom is 0.186 e. The first kappa shape index (κ1) is 16.4. The van der Waals surface area contributed by atoms with Crippen molar-refractivity contribution in [2.45, 2.75) is 44.2 Å². The number of rotatable bonds is 6. The molecule has 1 aliphatic rings. The van der Waals surface area contributed by atoms with Crippen molar-refractivity contribution in [1.82, 2.24) is 0 Å². The van der Waals surface area contributed by atoms with E-state index in [9.17, 15) is 10.2 Å². The number of hydrogen-bond acceptors (Lipinski definition) is 6. The molecule has 2 N–H and O–H groups in total. The van der Waals surface area contributed by atoms with Crippen LogP contribution in [0.4, 0.5) is 0 Å². The predicted molar refractivity (Wildman–Crippen MR) is 74.3 cm³/mol. The number of hydrogen-bond donors (Lipinski definition) is 2. The topological polar surface area (TPSA) is 77.4 Å². The minimum Gasteiger partial charge on any atom is -0.388 e. The Morgan fingerprint density at radius 2 is 1.86 bits per heavy atom. The molecular weight excluding hydrogens is 276 g/mol. The molecule has 0 amide bonds. The number of ether oxygens (including phenoxy) is 4. The third-order valence-electron chi connectivity index (χ3n) is 3.47. The molecule has 0 aromatic heterocycles. The summed E-state index contributed by atoms with van der Waals surface area (Å²) in [6.45, 7) is 2.07. The zero-order valence-corrected chi connectivity index (χ0v) is 12.2. The van der Waals surface area contributed by atoms with E-state index in [4.69, 9.17) is 18.9 Å². The first-order chi connectivity index (χ1) is 10.1. The predicted octanol–water partition coefficient (Wildman–Crippen LogP) is 0.659. The molecule has 1 aromatic rings. The molecule has 0 radical (unpaired) electrons. The molecule has 0 bridgehead atoms. The highest BCUT2D eigenvalue weighted by molar-refractivity contribution is 5.13. The second kappa shape index (κ2) is 7.84. The summed E-state index contributed by atoms with van der Waals surface area (Å²) in [6.07, 6.45) is -4.12. The highest BCUT2D eigenvalue weighted by Gasteiger charge is 2.43. The van der Waals surface area contributed by atoms with E-state index in [2.05, 4.69) is 0 Å². The van der Waals surface area contributed by atoms with Crippen molar-refractivity contribution in [2.24, 2.45) is 0 Å². The van der Waals surface area contributed by atoms with Gasteiger partial charge in [-0.25, -0.2) is 0 Å². The molecule has 1 aliphatic heterocycles. The van der Waals surface area contributed by atoms with E-state index in [0.29, 0.717) is 6.61 Å². The second-order valence-corrected chi connectivity index (χ2v) is 5.01. The molecule has 21 heavy (non-hydrogen) atoms. The summed E-state index contributed by atoms with van der Waals surface area (Å²) in [7, 11) is 1.43. The van der Waals surface area contributed by atoms with Gasteiger partial charge in [-0.15, -0.1) is 0 Å². The number of aliphatic hydroxyl groups excluding tert-OH is 2. The Kier molecular flexibility index (Phi) is 6.10. The van der Waals surface area contributed by atoms with Gasteiger partial charge in [0.15, 0.2) is 6.29 Å². The van der Waals surface area contributed by atoms with E-state index in [1.54, 1.807) is 6.92 Å². The molecule has 1 heterocycles. The summed E-state index contributed by atoms with van der Waals surface area (Å²) in [4.78, 5) is 0. The van der Waals surface area contributed by atoms with Gasteiger partial charge in [0.05, 0.1) is 12.7 Å². The van der Waals surface area contributed by atoms with Gasteiger partial charge in [0.2, 0.25) is 0 Å². The molecule has 118 valence electrons. The van der Waals surface area contributed by atoms with Gasteiger partial charge in [-0.2, -0.15) is 0 Å². The Labute approximate surface area is 124 Å².